The number of carboxylic acids is 2. The Morgan fingerprint density at radius 2 is 1.51 bits per heavy atom. The zero-order valence-corrected chi connectivity index (χ0v) is 19.8. The molecular weight excluding hydrogens is 482 g/mol. The molecule has 3 aromatic rings. The summed E-state index contributed by atoms with van der Waals surface area (Å²) < 4.78 is 10.5. The van der Waals surface area contributed by atoms with E-state index in [-0.39, 0.29) is 18.7 Å². The van der Waals surface area contributed by atoms with E-state index >= 15 is 0 Å². The number of pyridine rings is 1. The van der Waals surface area contributed by atoms with Gasteiger partial charge in [0.05, 0.1) is 7.11 Å². The zero-order chi connectivity index (χ0) is 26.8. The number of rotatable bonds is 12. The summed E-state index contributed by atoms with van der Waals surface area (Å²) in [6.07, 6.45) is 0.206. The Morgan fingerprint density at radius 1 is 0.865 bits per heavy atom. The predicted octanol–water partition coefficient (Wildman–Crippen LogP) is 1.91. The van der Waals surface area contributed by atoms with E-state index in [0.717, 1.165) is 23.3 Å². The third-order valence-corrected chi connectivity index (χ3v) is 5.14. The SMILES string of the molecule is COc1cccc(CNC(=O)[C@H](Cc2ccccc2)NC(=O)COc2cc(C(=O)O)nc(C(=O)O)c2)c1. The van der Waals surface area contributed by atoms with Crippen molar-refractivity contribution in [2.75, 3.05) is 13.7 Å². The lowest BCUT2D eigenvalue weighted by Crippen LogP contribution is -2.49. The van der Waals surface area contributed by atoms with Crippen LogP contribution in [0.3, 0.4) is 0 Å². The molecule has 0 saturated heterocycles. The number of carbonyl (C=O) groups excluding carboxylic acids is 2. The van der Waals surface area contributed by atoms with Crippen LogP contribution < -0.4 is 20.1 Å². The number of ether oxygens (including phenoxy) is 2. The molecule has 0 aliphatic heterocycles. The van der Waals surface area contributed by atoms with E-state index in [1.165, 1.54) is 0 Å². The maximum atomic E-state index is 13.0. The van der Waals surface area contributed by atoms with E-state index in [0.29, 0.717) is 5.75 Å². The Balaban J connectivity index is 1.68. The van der Waals surface area contributed by atoms with Crippen LogP contribution in [-0.4, -0.2) is 58.7 Å². The van der Waals surface area contributed by atoms with Gasteiger partial charge in [-0.3, -0.25) is 9.59 Å². The minimum Gasteiger partial charge on any atom is -0.497 e. The molecule has 11 nitrogen and oxygen atoms in total. The van der Waals surface area contributed by atoms with E-state index in [2.05, 4.69) is 15.6 Å². The summed E-state index contributed by atoms with van der Waals surface area (Å²) in [5, 5.41) is 23.7. The number of carbonyl (C=O) groups is 4. The van der Waals surface area contributed by atoms with Crippen LogP contribution in [0.1, 0.15) is 32.1 Å². The average Bonchev–Trinajstić information content (AvgIpc) is 2.90. The number of hydrogen-bond acceptors (Lipinski definition) is 7. The quantitative estimate of drug-likeness (QED) is 0.287. The lowest BCUT2D eigenvalue weighted by molar-refractivity contribution is -0.130. The van der Waals surface area contributed by atoms with Gasteiger partial charge in [-0.05, 0) is 23.3 Å². The summed E-state index contributed by atoms with van der Waals surface area (Å²) in [6.45, 7) is -0.378. The normalized spacial score (nSPS) is 11.2. The fraction of sp³-hybridized carbons (Fsp3) is 0.192. The molecule has 0 radical (unpaired) electrons. The van der Waals surface area contributed by atoms with E-state index in [1.54, 1.807) is 25.3 Å². The highest BCUT2D eigenvalue weighted by Gasteiger charge is 2.22. The molecule has 0 aliphatic rings. The minimum absolute atomic E-state index is 0.165. The van der Waals surface area contributed by atoms with E-state index in [9.17, 15) is 19.2 Å². The largest absolute Gasteiger partial charge is 0.497 e. The highest BCUT2D eigenvalue weighted by molar-refractivity contribution is 5.91. The van der Waals surface area contributed by atoms with Crippen molar-refractivity contribution in [3.05, 3.63) is 89.2 Å². The van der Waals surface area contributed by atoms with Crippen molar-refractivity contribution in [2.24, 2.45) is 0 Å². The Kier molecular flexibility index (Phi) is 9.14. The average molecular weight is 507 g/mol. The Bertz CT molecular complexity index is 1250. The van der Waals surface area contributed by atoms with Crippen LogP contribution in [0.15, 0.2) is 66.7 Å². The number of hydrogen-bond donors (Lipinski definition) is 4. The summed E-state index contributed by atoms with van der Waals surface area (Å²) in [6, 6.07) is 17.4. The number of benzene rings is 2. The topological polar surface area (TPSA) is 164 Å². The summed E-state index contributed by atoms with van der Waals surface area (Å²) >= 11 is 0. The van der Waals surface area contributed by atoms with Crippen LogP contribution in [0.4, 0.5) is 0 Å². The molecule has 0 aliphatic carbocycles. The highest BCUT2D eigenvalue weighted by atomic mass is 16.5. The van der Waals surface area contributed by atoms with Crippen molar-refractivity contribution >= 4 is 23.8 Å². The van der Waals surface area contributed by atoms with E-state index < -0.39 is 47.8 Å². The molecule has 0 bridgehead atoms. The number of aromatic carboxylic acids is 2. The third kappa shape index (κ3) is 8.06. The molecule has 1 heterocycles. The monoisotopic (exact) mass is 507 g/mol. The lowest BCUT2D eigenvalue weighted by atomic mass is 10.0. The Labute approximate surface area is 212 Å². The van der Waals surface area contributed by atoms with Crippen LogP contribution >= 0.6 is 0 Å². The first kappa shape index (κ1) is 26.7. The Morgan fingerprint density at radius 3 is 2.14 bits per heavy atom. The van der Waals surface area contributed by atoms with Crippen LogP contribution in [0.5, 0.6) is 11.5 Å². The number of amides is 2. The third-order valence-electron chi connectivity index (χ3n) is 5.14. The van der Waals surface area contributed by atoms with Gasteiger partial charge in [-0.25, -0.2) is 14.6 Å². The van der Waals surface area contributed by atoms with Crippen molar-refractivity contribution in [2.45, 2.75) is 19.0 Å². The molecule has 4 N–H and O–H groups in total. The second-order valence-corrected chi connectivity index (χ2v) is 7.85. The smallest absolute Gasteiger partial charge is 0.354 e. The molecule has 0 spiro atoms. The predicted molar refractivity (Wildman–Crippen MR) is 131 cm³/mol. The maximum absolute atomic E-state index is 13.0. The standard InChI is InChI=1S/C26H25N3O8/c1-36-18-9-5-8-17(10-18)14-27-24(31)20(11-16-6-3-2-4-7-16)29-23(30)15-37-19-12-21(25(32)33)28-22(13-19)26(34)35/h2-10,12-13,20H,11,14-15H2,1H3,(H,27,31)(H,29,30)(H,32,33)(H,34,35)/t20-/m0/s1. The zero-order valence-electron chi connectivity index (χ0n) is 19.8. The molecule has 2 aromatic carbocycles. The van der Waals surface area contributed by atoms with Gasteiger partial charge in [0.2, 0.25) is 5.91 Å². The van der Waals surface area contributed by atoms with Crippen molar-refractivity contribution in [3.8, 4) is 11.5 Å². The number of aromatic nitrogens is 1. The fourth-order valence-corrected chi connectivity index (χ4v) is 3.35. The number of nitrogens with zero attached hydrogens (tertiary/aromatic N) is 1. The van der Waals surface area contributed by atoms with Crippen LogP contribution in [0, 0.1) is 0 Å². The van der Waals surface area contributed by atoms with Crippen molar-refractivity contribution in [3.63, 3.8) is 0 Å². The van der Waals surface area contributed by atoms with Crippen LogP contribution in [-0.2, 0) is 22.6 Å². The van der Waals surface area contributed by atoms with Crippen molar-refractivity contribution in [1.29, 1.82) is 0 Å². The molecular formula is C26H25N3O8. The summed E-state index contributed by atoms with van der Waals surface area (Å²) in [5.74, 6) is -3.51. The molecule has 3 rings (SSSR count). The van der Waals surface area contributed by atoms with Gasteiger partial charge in [0.15, 0.2) is 18.0 Å². The first-order valence-corrected chi connectivity index (χ1v) is 11.1. The van der Waals surface area contributed by atoms with Gasteiger partial charge >= 0.3 is 11.9 Å². The first-order valence-electron chi connectivity index (χ1n) is 11.1. The van der Waals surface area contributed by atoms with Crippen molar-refractivity contribution in [1.82, 2.24) is 15.6 Å². The first-order chi connectivity index (χ1) is 17.7. The summed E-state index contributed by atoms with van der Waals surface area (Å²) in [7, 11) is 1.54. The summed E-state index contributed by atoms with van der Waals surface area (Å²) in [4.78, 5) is 51.6. The molecule has 11 heteroatoms. The molecule has 0 saturated carbocycles. The van der Waals surface area contributed by atoms with Crippen molar-refractivity contribution < 1.29 is 38.9 Å². The number of carboxylic acid groups (broad SMARTS) is 2. The van der Waals surface area contributed by atoms with E-state index in [1.807, 2.05) is 36.4 Å². The van der Waals surface area contributed by atoms with Crippen LogP contribution in [0.2, 0.25) is 0 Å². The second-order valence-electron chi connectivity index (χ2n) is 7.85. The lowest BCUT2D eigenvalue weighted by Gasteiger charge is -2.19. The van der Waals surface area contributed by atoms with Crippen LogP contribution in [0.25, 0.3) is 0 Å². The minimum atomic E-state index is -1.45. The Hall–Kier alpha value is -4.93. The number of methoxy groups -OCH3 is 1. The van der Waals surface area contributed by atoms with Gasteiger partial charge in [0.1, 0.15) is 17.5 Å². The molecule has 37 heavy (non-hydrogen) atoms. The molecule has 2 amide bonds. The molecule has 0 unspecified atom stereocenters. The van der Waals surface area contributed by atoms with Gasteiger partial charge < -0.3 is 30.3 Å². The van der Waals surface area contributed by atoms with Gasteiger partial charge in [-0.2, -0.15) is 0 Å². The second kappa shape index (κ2) is 12.7. The molecule has 0 fully saturated rings. The highest BCUT2D eigenvalue weighted by Crippen LogP contribution is 2.15. The van der Waals surface area contributed by atoms with E-state index in [4.69, 9.17) is 19.7 Å². The molecule has 1 atom stereocenters. The van der Waals surface area contributed by atoms with Gasteiger partial charge in [-0.15, -0.1) is 0 Å². The van der Waals surface area contributed by atoms with Gasteiger partial charge in [-0.1, -0.05) is 42.5 Å². The van der Waals surface area contributed by atoms with Gasteiger partial charge in [0, 0.05) is 25.1 Å². The molecule has 1 aromatic heterocycles. The molecule has 192 valence electrons. The maximum Gasteiger partial charge on any atom is 0.354 e. The number of nitrogens with one attached hydrogen (secondary N) is 2. The van der Waals surface area contributed by atoms with Gasteiger partial charge in [0.25, 0.3) is 5.91 Å². The summed E-state index contributed by atoms with van der Waals surface area (Å²) in [5.41, 5.74) is 0.530. The fourth-order valence-electron chi connectivity index (χ4n) is 3.35.